The first-order chi connectivity index (χ1) is 13.8. The van der Waals surface area contributed by atoms with Crippen LogP contribution in [0.1, 0.15) is 47.1 Å². The fraction of sp³-hybridized carbons (Fsp3) is 0.261. The Morgan fingerprint density at radius 3 is 2.52 bits per heavy atom. The van der Waals surface area contributed by atoms with Crippen LogP contribution in [0, 0.1) is 0 Å². The number of hydrogen-bond acceptors (Lipinski definition) is 4. The molecule has 0 saturated carbocycles. The lowest BCUT2D eigenvalue weighted by Gasteiger charge is -2.24. The molecular formula is C23H24N2O4. The second kappa shape index (κ2) is 8.31. The standard InChI is InChI=1S/C23H24N2O4/c1-23(2,3)29-22(28)20(11-15-7-5-4-6-8-15)25-21(27)16-9-10-18-17(14-26)13-24-19(18)12-16/h4-10,12-14,20,24H,11H2,1-3H3,(H,25,27)/t20-/m0/s1. The Labute approximate surface area is 169 Å². The number of rotatable bonds is 6. The van der Waals surface area contributed by atoms with Crippen LogP contribution in [0.15, 0.2) is 54.7 Å². The monoisotopic (exact) mass is 392 g/mol. The van der Waals surface area contributed by atoms with Gasteiger partial charge in [-0.2, -0.15) is 0 Å². The molecule has 1 atom stereocenters. The Balaban J connectivity index is 1.82. The first-order valence-electron chi connectivity index (χ1n) is 9.41. The van der Waals surface area contributed by atoms with Crippen LogP contribution < -0.4 is 5.32 Å². The first-order valence-corrected chi connectivity index (χ1v) is 9.41. The molecule has 1 heterocycles. The van der Waals surface area contributed by atoms with E-state index in [4.69, 9.17) is 4.74 Å². The van der Waals surface area contributed by atoms with Crippen molar-refractivity contribution in [3.05, 3.63) is 71.4 Å². The van der Waals surface area contributed by atoms with Gasteiger partial charge in [0.15, 0.2) is 6.29 Å². The van der Waals surface area contributed by atoms with Gasteiger partial charge < -0.3 is 15.0 Å². The molecule has 2 N–H and O–H groups in total. The van der Waals surface area contributed by atoms with Crippen LogP contribution in [0.2, 0.25) is 0 Å². The molecule has 1 amide bonds. The van der Waals surface area contributed by atoms with Crippen molar-refractivity contribution in [3.8, 4) is 0 Å². The summed E-state index contributed by atoms with van der Waals surface area (Å²) in [5, 5.41) is 3.53. The highest BCUT2D eigenvalue weighted by Crippen LogP contribution is 2.19. The lowest BCUT2D eigenvalue weighted by molar-refractivity contribution is -0.157. The van der Waals surface area contributed by atoms with E-state index in [1.54, 1.807) is 45.2 Å². The molecule has 0 aliphatic carbocycles. The van der Waals surface area contributed by atoms with Crippen LogP contribution in [0.3, 0.4) is 0 Å². The number of nitrogens with one attached hydrogen (secondary N) is 2. The zero-order valence-electron chi connectivity index (χ0n) is 16.7. The summed E-state index contributed by atoms with van der Waals surface area (Å²) < 4.78 is 5.50. The van der Waals surface area contributed by atoms with Crippen molar-refractivity contribution in [2.45, 2.75) is 38.8 Å². The van der Waals surface area contributed by atoms with Gasteiger partial charge in [0.25, 0.3) is 5.91 Å². The van der Waals surface area contributed by atoms with Crippen LogP contribution in [0.25, 0.3) is 10.9 Å². The smallest absolute Gasteiger partial charge is 0.329 e. The van der Waals surface area contributed by atoms with E-state index in [0.29, 0.717) is 23.1 Å². The number of amides is 1. The van der Waals surface area contributed by atoms with E-state index >= 15 is 0 Å². The molecule has 150 valence electrons. The Kier molecular flexibility index (Phi) is 5.82. The van der Waals surface area contributed by atoms with Crippen LogP contribution in [-0.4, -0.2) is 34.8 Å². The van der Waals surface area contributed by atoms with E-state index < -0.39 is 17.6 Å². The number of fused-ring (bicyclic) bond motifs is 1. The summed E-state index contributed by atoms with van der Waals surface area (Å²) in [5.74, 6) is -0.875. The van der Waals surface area contributed by atoms with Crippen molar-refractivity contribution in [2.75, 3.05) is 0 Å². The van der Waals surface area contributed by atoms with Gasteiger partial charge in [0.2, 0.25) is 0 Å². The molecule has 6 heteroatoms. The van der Waals surface area contributed by atoms with E-state index in [-0.39, 0.29) is 5.91 Å². The topological polar surface area (TPSA) is 88.3 Å². The van der Waals surface area contributed by atoms with E-state index in [2.05, 4.69) is 10.3 Å². The van der Waals surface area contributed by atoms with Crippen molar-refractivity contribution in [1.29, 1.82) is 0 Å². The summed E-state index contributed by atoms with van der Waals surface area (Å²) in [5.41, 5.74) is 1.85. The van der Waals surface area contributed by atoms with Gasteiger partial charge in [-0.3, -0.25) is 9.59 Å². The maximum Gasteiger partial charge on any atom is 0.329 e. The summed E-state index contributed by atoms with van der Waals surface area (Å²) in [6, 6.07) is 13.6. The molecule has 0 saturated heterocycles. The predicted octanol–water partition coefficient (Wildman–Crippen LogP) is 3.66. The molecule has 0 aliphatic heterocycles. The molecule has 6 nitrogen and oxygen atoms in total. The third-order valence-corrected chi connectivity index (χ3v) is 4.38. The molecule has 0 unspecified atom stereocenters. The second-order valence-corrected chi connectivity index (χ2v) is 7.87. The molecule has 0 bridgehead atoms. The van der Waals surface area contributed by atoms with Gasteiger partial charge >= 0.3 is 5.97 Å². The minimum Gasteiger partial charge on any atom is -0.458 e. The summed E-state index contributed by atoms with van der Waals surface area (Å²) in [6.45, 7) is 5.36. The average Bonchev–Trinajstić information content (AvgIpc) is 3.09. The molecule has 29 heavy (non-hydrogen) atoms. The Morgan fingerprint density at radius 2 is 1.86 bits per heavy atom. The van der Waals surface area contributed by atoms with Crippen molar-refractivity contribution >= 4 is 29.1 Å². The first kappa shape index (κ1) is 20.3. The number of hydrogen-bond donors (Lipinski definition) is 2. The normalized spacial score (nSPS) is 12.4. The third kappa shape index (κ3) is 5.10. The minimum absolute atomic E-state index is 0.321. The van der Waals surface area contributed by atoms with Gasteiger partial charge in [-0.1, -0.05) is 36.4 Å². The zero-order chi connectivity index (χ0) is 21.0. The molecule has 0 radical (unpaired) electrons. The summed E-state index contributed by atoms with van der Waals surface area (Å²) >= 11 is 0. The highest BCUT2D eigenvalue weighted by Gasteiger charge is 2.27. The Hall–Kier alpha value is -3.41. The largest absolute Gasteiger partial charge is 0.458 e. The highest BCUT2D eigenvalue weighted by molar-refractivity contribution is 6.03. The Morgan fingerprint density at radius 1 is 1.14 bits per heavy atom. The molecule has 3 aromatic rings. The summed E-state index contributed by atoms with van der Waals surface area (Å²) in [4.78, 5) is 39.6. The van der Waals surface area contributed by atoms with E-state index in [9.17, 15) is 14.4 Å². The number of aromatic amines is 1. The lowest BCUT2D eigenvalue weighted by Crippen LogP contribution is -2.45. The van der Waals surface area contributed by atoms with Gasteiger partial charge in [-0.15, -0.1) is 0 Å². The van der Waals surface area contributed by atoms with Gasteiger partial charge in [-0.25, -0.2) is 4.79 Å². The van der Waals surface area contributed by atoms with E-state index in [0.717, 1.165) is 17.2 Å². The number of aromatic nitrogens is 1. The van der Waals surface area contributed by atoms with E-state index in [1.807, 2.05) is 30.3 Å². The highest BCUT2D eigenvalue weighted by atomic mass is 16.6. The van der Waals surface area contributed by atoms with Gasteiger partial charge in [-0.05, 0) is 38.5 Å². The average molecular weight is 392 g/mol. The fourth-order valence-corrected chi connectivity index (χ4v) is 3.04. The van der Waals surface area contributed by atoms with Crippen LogP contribution >= 0.6 is 0 Å². The molecule has 2 aromatic carbocycles. The van der Waals surface area contributed by atoms with Crippen molar-refractivity contribution in [1.82, 2.24) is 10.3 Å². The van der Waals surface area contributed by atoms with Gasteiger partial charge in [0.1, 0.15) is 11.6 Å². The number of carbonyl (C=O) groups is 3. The van der Waals surface area contributed by atoms with Crippen LogP contribution in [-0.2, 0) is 16.0 Å². The van der Waals surface area contributed by atoms with Crippen LogP contribution in [0.5, 0.6) is 0 Å². The fourth-order valence-electron chi connectivity index (χ4n) is 3.04. The van der Waals surface area contributed by atoms with Gasteiger partial charge in [0.05, 0.1) is 0 Å². The Bertz CT molecular complexity index is 1030. The summed E-state index contributed by atoms with van der Waals surface area (Å²) in [6.07, 6.45) is 2.68. The SMILES string of the molecule is CC(C)(C)OC(=O)[C@H](Cc1ccccc1)NC(=O)c1ccc2c(C=O)c[nH]c2c1. The third-order valence-electron chi connectivity index (χ3n) is 4.38. The summed E-state index contributed by atoms with van der Waals surface area (Å²) in [7, 11) is 0. The number of carbonyl (C=O) groups excluding carboxylic acids is 3. The maximum atomic E-state index is 12.8. The van der Waals surface area contributed by atoms with Crippen molar-refractivity contribution < 1.29 is 19.1 Å². The number of H-pyrrole nitrogens is 1. The number of esters is 1. The molecule has 3 rings (SSSR count). The van der Waals surface area contributed by atoms with Gasteiger partial charge in [0, 0.05) is 34.6 Å². The van der Waals surface area contributed by atoms with Crippen LogP contribution in [0.4, 0.5) is 0 Å². The number of aldehydes is 1. The minimum atomic E-state index is -0.825. The molecule has 0 aliphatic rings. The number of ether oxygens (including phenoxy) is 1. The van der Waals surface area contributed by atoms with E-state index in [1.165, 1.54) is 0 Å². The number of benzene rings is 2. The quantitative estimate of drug-likeness (QED) is 0.495. The molecule has 1 aromatic heterocycles. The lowest BCUT2D eigenvalue weighted by atomic mass is 10.0. The molecular weight excluding hydrogens is 368 g/mol. The molecule has 0 spiro atoms. The molecule has 0 fully saturated rings. The van der Waals surface area contributed by atoms with Crippen molar-refractivity contribution in [3.63, 3.8) is 0 Å². The predicted molar refractivity (Wildman–Crippen MR) is 111 cm³/mol. The maximum absolute atomic E-state index is 12.8. The van der Waals surface area contributed by atoms with Crippen molar-refractivity contribution in [2.24, 2.45) is 0 Å². The second-order valence-electron chi connectivity index (χ2n) is 7.87. The zero-order valence-corrected chi connectivity index (χ0v) is 16.7.